The molecule has 1 N–H and O–H groups in total. The molecule has 7 nitrogen and oxygen atoms in total. The molecule has 0 aliphatic carbocycles. The molecule has 0 spiro atoms. The highest BCUT2D eigenvalue weighted by Crippen LogP contribution is 2.22. The van der Waals surface area contributed by atoms with Gasteiger partial charge in [-0.2, -0.15) is 5.10 Å². The summed E-state index contributed by atoms with van der Waals surface area (Å²) in [5.41, 5.74) is 3.61. The van der Waals surface area contributed by atoms with E-state index in [0.29, 0.717) is 35.0 Å². The highest BCUT2D eigenvalue weighted by molar-refractivity contribution is 7.99. The fourth-order valence-electron chi connectivity index (χ4n) is 3.52. The standard InChI is InChI=1S/C23H25N5O2S2/c1-4-16-8-6-9-17(12-16)24-19(29)14-32-23-25-20-15(3)26-28(5-2)21(20)22(30)27(23)13-18-10-7-11-31-18/h6-12H,4-5,13-14H2,1-3H3,(H,24,29). The first-order valence-electron chi connectivity index (χ1n) is 10.5. The molecular weight excluding hydrogens is 442 g/mol. The summed E-state index contributed by atoms with van der Waals surface area (Å²) in [5.74, 6) is 0.0147. The number of nitrogens with one attached hydrogen (secondary N) is 1. The van der Waals surface area contributed by atoms with Gasteiger partial charge in [-0.1, -0.05) is 36.9 Å². The molecule has 0 aliphatic rings. The molecule has 0 saturated carbocycles. The van der Waals surface area contributed by atoms with Crippen LogP contribution in [0, 0.1) is 6.92 Å². The second-order valence-electron chi connectivity index (χ2n) is 7.35. The minimum Gasteiger partial charge on any atom is -0.325 e. The molecule has 0 aliphatic heterocycles. The van der Waals surface area contributed by atoms with Gasteiger partial charge in [0, 0.05) is 17.1 Å². The molecular formula is C23H25N5O2S2. The molecule has 0 saturated heterocycles. The Bertz CT molecular complexity index is 1310. The first-order chi connectivity index (χ1) is 15.5. The lowest BCUT2D eigenvalue weighted by atomic mass is 10.1. The Kier molecular flexibility index (Phi) is 6.76. The van der Waals surface area contributed by atoms with Crippen LogP contribution in [0.15, 0.2) is 51.7 Å². The van der Waals surface area contributed by atoms with E-state index in [1.807, 2.05) is 55.6 Å². The van der Waals surface area contributed by atoms with Gasteiger partial charge in [-0.3, -0.25) is 18.8 Å². The van der Waals surface area contributed by atoms with Crippen molar-refractivity contribution in [3.63, 3.8) is 0 Å². The van der Waals surface area contributed by atoms with Gasteiger partial charge in [0.2, 0.25) is 5.91 Å². The monoisotopic (exact) mass is 467 g/mol. The van der Waals surface area contributed by atoms with E-state index in [0.717, 1.165) is 22.5 Å². The lowest BCUT2D eigenvalue weighted by Crippen LogP contribution is -2.26. The third-order valence-electron chi connectivity index (χ3n) is 5.13. The number of aromatic nitrogens is 4. The minimum atomic E-state index is -0.138. The Morgan fingerprint density at radius 2 is 2.06 bits per heavy atom. The van der Waals surface area contributed by atoms with Gasteiger partial charge in [-0.25, -0.2) is 4.98 Å². The number of hydrogen-bond acceptors (Lipinski definition) is 6. The van der Waals surface area contributed by atoms with Crippen LogP contribution in [0.1, 0.15) is 30.0 Å². The zero-order valence-corrected chi connectivity index (χ0v) is 19.9. The minimum absolute atomic E-state index is 0.135. The van der Waals surface area contributed by atoms with Crippen LogP contribution in [-0.4, -0.2) is 31.0 Å². The van der Waals surface area contributed by atoms with Crippen molar-refractivity contribution >= 4 is 45.7 Å². The number of hydrogen-bond donors (Lipinski definition) is 1. The van der Waals surface area contributed by atoms with Crippen molar-refractivity contribution in [1.82, 2.24) is 19.3 Å². The summed E-state index contributed by atoms with van der Waals surface area (Å²) in [7, 11) is 0. The molecule has 0 bridgehead atoms. The molecule has 0 fully saturated rings. The molecule has 4 aromatic rings. The average molecular weight is 468 g/mol. The Morgan fingerprint density at radius 3 is 2.78 bits per heavy atom. The SMILES string of the molecule is CCc1cccc(NC(=O)CSc2nc3c(C)nn(CC)c3c(=O)n2Cc2cccs2)c1. The number of carbonyl (C=O) groups is 1. The van der Waals surface area contributed by atoms with Gasteiger partial charge in [0.1, 0.15) is 5.52 Å². The highest BCUT2D eigenvalue weighted by Gasteiger charge is 2.19. The summed E-state index contributed by atoms with van der Waals surface area (Å²) in [6.45, 7) is 6.89. The maximum absolute atomic E-state index is 13.4. The van der Waals surface area contributed by atoms with Gasteiger partial charge < -0.3 is 5.32 Å². The van der Waals surface area contributed by atoms with E-state index in [9.17, 15) is 9.59 Å². The molecule has 1 amide bonds. The number of thiophene rings is 1. The Hall–Kier alpha value is -2.91. The third-order valence-corrected chi connectivity index (χ3v) is 6.96. The fourth-order valence-corrected chi connectivity index (χ4v) is 5.01. The Morgan fingerprint density at radius 1 is 1.22 bits per heavy atom. The molecule has 3 aromatic heterocycles. The number of fused-ring (bicyclic) bond motifs is 1. The summed E-state index contributed by atoms with van der Waals surface area (Å²) < 4.78 is 3.35. The van der Waals surface area contributed by atoms with Crippen LogP contribution in [0.3, 0.4) is 0 Å². The number of benzene rings is 1. The number of thioether (sulfide) groups is 1. The number of carbonyl (C=O) groups excluding carboxylic acids is 1. The van der Waals surface area contributed by atoms with Gasteiger partial charge in [-0.05, 0) is 49.4 Å². The van der Waals surface area contributed by atoms with Gasteiger partial charge in [0.15, 0.2) is 10.7 Å². The van der Waals surface area contributed by atoms with Crippen LogP contribution in [0.4, 0.5) is 5.69 Å². The van der Waals surface area contributed by atoms with Crippen LogP contribution in [0.25, 0.3) is 11.0 Å². The van der Waals surface area contributed by atoms with Gasteiger partial charge in [0.05, 0.1) is 18.0 Å². The number of nitrogens with zero attached hydrogens (tertiary/aromatic N) is 4. The van der Waals surface area contributed by atoms with Crippen molar-refractivity contribution in [2.75, 3.05) is 11.1 Å². The van der Waals surface area contributed by atoms with Crippen molar-refractivity contribution < 1.29 is 4.79 Å². The van der Waals surface area contributed by atoms with Crippen LogP contribution < -0.4 is 10.9 Å². The lowest BCUT2D eigenvalue weighted by Gasteiger charge is -2.12. The van der Waals surface area contributed by atoms with E-state index in [1.54, 1.807) is 20.6 Å². The first kappa shape index (κ1) is 22.3. The molecule has 166 valence electrons. The van der Waals surface area contributed by atoms with Crippen molar-refractivity contribution in [3.8, 4) is 0 Å². The van der Waals surface area contributed by atoms with E-state index >= 15 is 0 Å². The molecule has 32 heavy (non-hydrogen) atoms. The van der Waals surface area contributed by atoms with E-state index < -0.39 is 0 Å². The largest absolute Gasteiger partial charge is 0.325 e. The number of amides is 1. The summed E-state index contributed by atoms with van der Waals surface area (Å²) in [6.07, 6.45) is 0.905. The van der Waals surface area contributed by atoms with Crippen LogP contribution >= 0.6 is 23.1 Å². The van der Waals surface area contributed by atoms with E-state index in [4.69, 9.17) is 4.98 Å². The van der Waals surface area contributed by atoms with Crippen LogP contribution in [0.5, 0.6) is 0 Å². The third kappa shape index (κ3) is 4.63. The van der Waals surface area contributed by atoms with Crippen LogP contribution in [0.2, 0.25) is 0 Å². The molecule has 4 rings (SSSR count). The molecule has 0 atom stereocenters. The van der Waals surface area contributed by atoms with Gasteiger partial charge >= 0.3 is 0 Å². The summed E-state index contributed by atoms with van der Waals surface area (Å²) in [6, 6.07) is 11.8. The number of anilines is 1. The fraction of sp³-hybridized carbons (Fsp3) is 0.304. The summed E-state index contributed by atoms with van der Waals surface area (Å²) in [5, 5.41) is 9.91. The smallest absolute Gasteiger partial charge is 0.280 e. The van der Waals surface area contributed by atoms with E-state index in [-0.39, 0.29) is 17.2 Å². The van der Waals surface area contributed by atoms with Gasteiger partial charge in [-0.15, -0.1) is 11.3 Å². The maximum atomic E-state index is 13.4. The van der Waals surface area contributed by atoms with E-state index in [1.165, 1.54) is 11.8 Å². The van der Waals surface area contributed by atoms with Crippen LogP contribution in [-0.2, 0) is 24.3 Å². The lowest BCUT2D eigenvalue weighted by molar-refractivity contribution is -0.113. The van der Waals surface area contributed by atoms with Crippen molar-refractivity contribution in [1.29, 1.82) is 0 Å². The predicted octanol–water partition coefficient (Wildman–Crippen LogP) is 4.32. The second kappa shape index (κ2) is 9.70. The topological polar surface area (TPSA) is 81.8 Å². The maximum Gasteiger partial charge on any atom is 0.280 e. The second-order valence-corrected chi connectivity index (χ2v) is 9.33. The molecule has 3 heterocycles. The van der Waals surface area contributed by atoms with E-state index in [2.05, 4.69) is 17.3 Å². The normalized spacial score (nSPS) is 11.2. The zero-order chi connectivity index (χ0) is 22.7. The first-order valence-corrected chi connectivity index (χ1v) is 12.4. The van der Waals surface area contributed by atoms with Crippen molar-refractivity contribution in [2.24, 2.45) is 0 Å². The predicted molar refractivity (Wildman–Crippen MR) is 131 cm³/mol. The van der Waals surface area contributed by atoms with Gasteiger partial charge in [0.25, 0.3) is 5.56 Å². The highest BCUT2D eigenvalue weighted by atomic mass is 32.2. The summed E-state index contributed by atoms with van der Waals surface area (Å²) >= 11 is 2.86. The molecule has 9 heteroatoms. The zero-order valence-electron chi connectivity index (χ0n) is 18.3. The Balaban J connectivity index is 1.63. The quantitative estimate of drug-likeness (QED) is 0.308. The number of rotatable bonds is 8. The van der Waals surface area contributed by atoms with Crippen molar-refractivity contribution in [3.05, 3.63) is 68.3 Å². The van der Waals surface area contributed by atoms with Crippen molar-refractivity contribution in [2.45, 2.75) is 45.4 Å². The summed E-state index contributed by atoms with van der Waals surface area (Å²) in [4.78, 5) is 31.9. The molecule has 0 radical (unpaired) electrons. The Labute approximate surface area is 194 Å². The average Bonchev–Trinajstić information content (AvgIpc) is 3.42. The number of aryl methyl sites for hydroxylation is 3. The molecule has 1 aromatic carbocycles. The molecule has 0 unspecified atom stereocenters.